The largest absolute Gasteiger partial charge is 0.481 e. The summed E-state index contributed by atoms with van der Waals surface area (Å²) in [6, 6.07) is 19.6. The summed E-state index contributed by atoms with van der Waals surface area (Å²) >= 11 is 0. The molecule has 26 heavy (non-hydrogen) atoms. The lowest BCUT2D eigenvalue weighted by atomic mass is 9.99. The summed E-state index contributed by atoms with van der Waals surface area (Å²) in [5.74, 6) is -0.830. The number of amides is 1. The van der Waals surface area contributed by atoms with Crippen LogP contribution in [0.2, 0.25) is 0 Å². The fourth-order valence-electron chi connectivity index (χ4n) is 2.80. The van der Waals surface area contributed by atoms with Crippen molar-refractivity contribution >= 4 is 16.7 Å². The summed E-state index contributed by atoms with van der Waals surface area (Å²) < 4.78 is 18.6. The van der Waals surface area contributed by atoms with Crippen LogP contribution in [0, 0.1) is 5.82 Å². The highest BCUT2D eigenvalue weighted by molar-refractivity contribution is 5.86. The Morgan fingerprint density at radius 2 is 1.77 bits per heavy atom. The van der Waals surface area contributed by atoms with Crippen LogP contribution in [-0.4, -0.2) is 24.2 Å². The van der Waals surface area contributed by atoms with Crippen molar-refractivity contribution < 1.29 is 19.0 Å². The number of carbonyl (C=O) groups excluding carboxylic acids is 1. The maximum Gasteiger partial charge on any atom is 0.257 e. The van der Waals surface area contributed by atoms with E-state index in [4.69, 9.17) is 4.74 Å². The maximum absolute atomic E-state index is 13.4. The molecule has 3 rings (SSSR count). The van der Waals surface area contributed by atoms with Gasteiger partial charge in [-0.2, -0.15) is 0 Å². The molecule has 3 aromatic rings. The van der Waals surface area contributed by atoms with Gasteiger partial charge >= 0.3 is 0 Å². The van der Waals surface area contributed by atoms with Crippen molar-refractivity contribution in [2.24, 2.45) is 0 Å². The second-order valence-corrected chi connectivity index (χ2v) is 5.94. The zero-order chi connectivity index (χ0) is 18.4. The lowest BCUT2D eigenvalue weighted by Gasteiger charge is -2.14. The average Bonchev–Trinajstić information content (AvgIpc) is 2.67. The number of carbonyl (C=O) groups is 1. The van der Waals surface area contributed by atoms with Crippen LogP contribution < -0.4 is 10.1 Å². The van der Waals surface area contributed by atoms with Crippen molar-refractivity contribution in [1.82, 2.24) is 5.32 Å². The first kappa shape index (κ1) is 17.9. The van der Waals surface area contributed by atoms with E-state index >= 15 is 0 Å². The standard InChI is InChI=1S/C21H20FNO3/c22-18-10-3-4-11-20(18)26-14-21(25)23-13-12-19(24)17-9-5-7-15-6-1-2-8-16(15)17/h1-11,19,24H,12-14H2,(H,23,25). The van der Waals surface area contributed by atoms with E-state index in [1.165, 1.54) is 12.1 Å². The predicted octanol–water partition coefficient (Wildman–Crippen LogP) is 3.60. The van der Waals surface area contributed by atoms with Gasteiger partial charge in [-0.25, -0.2) is 4.39 Å². The third-order valence-electron chi connectivity index (χ3n) is 4.12. The molecule has 0 saturated heterocycles. The molecule has 0 aromatic heterocycles. The molecule has 0 bridgehead atoms. The minimum atomic E-state index is -0.686. The molecule has 134 valence electrons. The zero-order valence-electron chi connectivity index (χ0n) is 14.2. The van der Waals surface area contributed by atoms with Crippen LogP contribution in [0.4, 0.5) is 4.39 Å². The molecule has 5 heteroatoms. The Labute approximate surface area is 151 Å². The summed E-state index contributed by atoms with van der Waals surface area (Å²) in [7, 11) is 0. The van der Waals surface area contributed by atoms with E-state index in [0.29, 0.717) is 13.0 Å². The van der Waals surface area contributed by atoms with Gasteiger partial charge in [-0.3, -0.25) is 4.79 Å². The molecule has 0 aliphatic heterocycles. The Morgan fingerprint density at radius 1 is 1.04 bits per heavy atom. The highest BCUT2D eigenvalue weighted by Gasteiger charge is 2.12. The van der Waals surface area contributed by atoms with E-state index in [-0.39, 0.29) is 18.3 Å². The lowest BCUT2D eigenvalue weighted by Crippen LogP contribution is -2.30. The minimum absolute atomic E-state index is 0.0402. The molecule has 2 N–H and O–H groups in total. The highest BCUT2D eigenvalue weighted by Crippen LogP contribution is 2.25. The van der Waals surface area contributed by atoms with Crippen molar-refractivity contribution in [2.75, 3.05) is 13.2 Å². The summed E-state index contributed by atoms with van der Waals surface area (Å²) in [5, 5.41) is 15.2. The van der Waals surface area contributed by atoms with Crippen molar-refractivity contribution in [3.8, 4) is 5.75 Å². The molecule has 1 atom stereocenters. The summed E-state index contributed by atoms with van der Waals surface area (Å²) in [5.41, 5.74) is 0.833. The number of nitrogens with one attached hydrogen (secondary N) is 1. The van der Waals surface area contributed by atoms with Gasteiger partial charge in [0.25, 0.3) is 5.91 Å². The molecule has 0 radical (unpaired) electrons. The summed E-state index contributed by atoms with van der Waals surface area (Å²) in [6.07, 6.45) is -0.312. The first-order chi connectivity index (χ1) is 12.6. The van der Waals surface area contributed by atoms with Gasteiger partial charge in [0.05, 0.1) is 6.10 Å². The third-order valence-corrected chi connectivity index (χ3v) is 4.12. The van der Waals surface area contributed by atoms with E-state index in [0.717, 1.165) is 16.3 Å². The van der Waals surface area contributed by atoms with Gasteiger partial charge in [-0.15, -0.1) is 0 Å². The number of halogens is 1. The van der Waals surface area contributed by atoms with E-state index < -0.39 is 11.9 Å². The molecule has 1 unspecified atom stereocenters. The lowest BCUT2D eigenvalue weighted by molar-refractivity contribution is -0.123. The topological polar surface area (TPSA) is 58.6 Å². The van der Waals surface area contributed by atoms with E-state index in [9.17, 15) is 14.3 Å². The monoisotopic (exact) mass is 353 g/mol. The SMILES string of the molecule is O=C(COc1ccccc1F)NCCC(O)c1cccc2ccccc12. The number of para-hydroxylation sites is 1. The van der Waals surface area contributed by atoms with Crippen molar-refractivity contribution in [3.63, 3.8) is 0 Å². The van der Waals surface area contributed by atoms with Gasteiger partial charge in [0.1, 0.15) is 0 Å². The molecule has 0 aliphatic rings. The second kappa shape index (κ2) is 8.45. The van der Waals surface area contributed by atoms with Crippen molar-refractivity contribution in [1.29, 1.82) is 0 Å². The molecular formula is C21H20FNO3. The van der Waals surface area contributed by atoms with Crippen molar-refractivity contribution in [3.05, 3.63) is 78.1 Å². The van der Waals surface area contributed by atoms with E-state index in [1.807, 2.05) is 42.5 Å². The van der Waals surface area contributed by atoms with Gasteiger partial charge in [0.15, 0.2) is 18.2 Å². The molecule has 0 aliphatic carbocycles. The van der Waals surface area contributed by atoms with E-state index in [2.05, 4.69) is 5.32 Å². The van der Waals surface area contributed by atoms with Crippen LogP contribution in [-0.2, 0) is 4.79 Å². The Morgan fingerprint density at radius 3 is 2.62 bits per heavy atom. The van der Waals surface area contributed by atoms with E-state index in [1.54, 1.807) is 12.1 Å². The third kappa shape index (κ3) is 4.37. The number of hydrogen-bond acceptors (Lipinski definition) is 3. The van der Waals surface area contributed by atoms with Crippen LogP contribution >= 0.6 is 0 Å². The van der Waals surface area contributed by atoms with Crippen LogP contribution in [0.1, 0.15) is 18.1 Å². The molecule has 4 nitrogen and oxygen atoms in total. The fourth-order valence-corrected chi connectivity index (χ4v) is 2.80. The number of aliphatic hydroxyl groups is 1. The van der Waals surface area contributed by atoms with Gasteiger partial charge in [-0.1, -0.05) is 54.6 Å². The number of benzene rings is 3. The molecule has 0 heterocycles. The Kier molecular flexibility index (Phi) is 5.81. The number of ether oxygens (including phenoxy) is 1. The molecule has 0 fully saturated rings. The first-order valence-electron chi connectivity index (χ1n) is 8.45. The molecule has 1 amide bonds. The number of aliphatic hydroxyl groups excluding tert-OH is 1. The minimum Gasteiger partial charge on any atom is -0.481 e. The molecule has 0 spiro atoms. The Balaban J connectivity index is 1.49. The highest BCUT2D eigenvalue weighted by atomic mass is 19.1. The smallest absolute Gasteiger partial charge is 0.257 e. The fraction of sp³-hybridized carbons (Fsp3) is 0.190. The normalized spacial score (nSPS) is 11.9. The Hall–Kier alpha value is -2.92. The zero-order valence-corrected chi connectivity index (χ0v) is 14.2. The maximum atomic E-state index is 13.4. The van der Waals surface area contributed by atoms with Crippen LogP contribution in [0.25, 0.3) is 10.8 Å². The number of rotatable bonds is 7. The average molecular weight is 353 g/mol. The molecule has 3 aromatic carbocycles. The predicted molar refractivity (Wildman–Crippen MR) is 98.4 cm³/mol. The van der Waals surface area contributed by atoms with Crippen LogP contribution in [0.15, 0.2) is 66.7 Å². The molecule has 0 saturated carbocycles. The number of hydrogen-bond donors (Lipinski definition) is 2. The number of fused-ring (bicyclic) bond motifs is 1. The van der Waals surface area contributed by atoms with Crippen LogP contribution in [0.5, 0.6) is 5.75 Å². The van der Waals surface area contributed by atoms with Gasteiger partial charge in [0.2, 0.25) is 0 Å². The summed E-state index contributed by atoms with van der Waals surface area (Å²) in [4.78, 5) is 11.8. The first-order valence-corrected chi connectivity index (χ1v) is 8.45. The van der Waals surface area contributed by atoms with Crippen LogP contribution in [0.3, 0.4) is 0 Å². The summed E-state index contributed by atoms with van der Waals surface area (Å²) in [6.45, 7) is 0.0230. The quantitative estimate of drug-likeness (QED) is 0.682. The van der Waals surface area contributed by atoms with Gasteiger partial charge < -0.3 is 15.2 Å². The second-order valence-electron chi connectivity index (χ2n) is 5.94. The van der Waals surface area contributed by atoms with Gasteiger partial charge in [-0.05, 0) is 34.9 Å². The Bertz CT molecular complexity index is 892. The van der Waals surface area contributed by atoms with Gasteiger partial charge in [0, 0.05) is 6.54 Å². The van der Waals surface area contributed by atoms with Crippen molar-refractivity contribution in [2.45, 2.75) is 12.5 Å². The molecular weight excluding hydrogens is 333 g/mol.